The summed E-state index contributed by atoms with van der Waals surface area (Å²) in [7, 11) is -3.81. The first-order chi connectivity index (χ1) is 12.7. The lowest BCUT2D eigenvalue weighted by Gasteiger charge is -2.32. The number of nitrogens with zero attached hydrogens (tertiary/aromatic N) is 2. The van der Waals surface area contributed by atoms with Crippen LogP contribution in [-0.2, 0) is 10.0 Å². The number of anilines is 1. The lowest BCUT2D eigenvalue weighted by Crippen LogP contribution is -2.41. The number of aromatic nitrogens is 1. The molecule has 148 valence electrons. The van der Waals surface area contributed by atoms with E-state index in [2.05, 4.69) is 19.3 Å². The number of sulfonamides is 1. The van der Waals surface area contributed by atoms with Crippen molar-refractivity contribution in [1.82, 2.24) is 9.71 Å². The van der Waals surface area contributed by atoms with Crippen molar-refractivity contribution < 1.29 is 26.3 Å². The minimum Gasteiger partial charge on any atom is -0.406 e. The van der Waals surface area contributed by atoms with Crippen LogP contribution in [0.4, 0.5) is 18.3 Å². The Morgan fingerprint density at radius 3 is 2.67 bits per heavy atom. The highest BCUT2D eigenvalue weighted by Gasteiger charge is 2.31. The van der Waals surface area contributed by atoms with Crippen molar-refractivity contribution in [3.05, 3.63) is 35.8 Å². The van der Waals surface area contributed by atoms with Gasteiger partial charge in [-0.25, -0.2) is 18.1 Å². The Balaban J connectivity index is 1.58. The molecule has 1 aliphatic heterocycles. The lowest BCUT2D eigenvalue weighted by atomic mass is 9.99. The third kappa shape index (κ3) is 5.56. The molecule has 1 N–H and O–H groups in total. The molecule has 1 aromatic carbocycles. The second kappa shape index (κ2) is 8.03. The van der Waals surface area contributed by atoms with Gasteiger partial charge in [0.1, 0.15) is 5.75 Å². The van der Waals surface area contributed by atoms with Crippen LogP contribution in [0.3, 0.4) is 0 Å². The number of thiazole rings is 1. The molecule has 6 nitrogen and oxygen atoms in total. The molecule has 0 bridgehead atoms. The molecule has 2 heterocycles. The summed E-state index contributed by atoms with van der Waals surface area (Å²) in [6.45, 7) is 1.84. The van der Waals surface area contributed by atoms with E-state index in [0.717, 1.165) is 48.8 Å². The van der Waals surface area contributed by atoms with Crippen LogP contribution in [0.2, 0.25) is 0 Å². The second-order valence-electron chi connectivity index (χ2n) is 6.14. The molecule has 1 fully saturated rings. The van der Waals surface area contributed by atoms with Crippen LogP contribution >= 0.6 is 11.3 Å². The molecule has 2 aromatic rings. The molecule has 0 radical (unpaired) electrons. The van der Waals surface area contributed by atoms with Crippen molar-refractivity contribution in [1.29, 1.82) is 0 Å². The van der Waals surface area contributed by atoms with Crippen molar-refractivity contribution in [2.75, 3.05) is 24.5 Å². The summed E-state index contributed by atoms with van der Waals surface area (Å²) < 4.78 is 67.6. The Kier molecular flexibility index (Phi) is 5.92. The van der Waals surface area contributed by atoms with E-state index >= 15 is 0 Å². The van der Waals surface area contributed by atoms with E-state index in [4.69, 9.17) is 0 Å². The first-order valence-corrected chi connectivity index (χ1v) is 10.6. The van der Waals surface area contributed by atoms with Gasteiger partial charge < -0.3 is 9.64 Å². The van der Waals surface area contributed by atoms with Crippen molar-refractivity contribution in [2.45, 2.75) is 24.1 Å². The van der Waals surface area contributed by atoms with E-state index in [1.54, 1.807) is 17.5 Å². The van der Waals surface area contributed by atoms with Gasteiger partial charge >= 0.3 is 6.36 Å². The largest absolute Gasteiger partial charge is 0.573 e. The zero-order valence-electron chi connectivity index (χ0n) is 14.1. The fraction of sp³-hybridized carbons (Fsp3) is 0.438. The van der Waals surface area contributed by atoms with Gasteiger partial charge in [-0.3, -0.25) is 0 Å². The van der Waals surface area contributed by atoms with Gasteiger partial charge in [-0.05, 0) is 43.0 Å². The van der Waals surface area contributed by atoms with Crippen molar-refractivity contribution >= 4 is 26.5 Å². The van der Waals surface area contributed by atoms with Gasteiger partial charge in [-0.2, -0.15) is 0 Å². The number of piperidine rings is 1. The first kappa shape index (κ1) is 19.9. The molecule has 1 aromatic heterocycles. The average Bonchev–Trinajstić information content (AvgIpc) is 3.14. The van der Waals surface area contributed by atoms with Crippen molar-refractivity contribution in [2.24, 2.45) is 5.92 Å². The van der Waals surface area contributed by atoms with E-state index in [1.807, 2.05) is 5.38 Å². The third-order valence-electron chi connectivity index (χ3n) is 4.14. The van der Waals surface area contributed by atoms with E-state index in [1.165, 1.54) is 0 Å². The normalized spacial score (nSPS) is 18.5. The van der Waals surface area contributed by atoms with Gasteiger partial charge in [-0.15, -0.1) is 24.5 Å². The van der Waals surface area contributed by atoms with Gasteiger partial charge in [0.05, 0.1) is 4.90 Å². The maximum Gasteiger partial charge on any atom is 0.573 e. The number of halogens is 3. The summed E-state index contributed by atoms with van der Waals surface area (Å²) in [5, 5.41) is 2.82. The highest BCUT2D eigenvalue weighted by molar-refractivity contribution is 7.89. The molecule has 0 amide bonds. The molecule has 1 aliphatic rings. The standard InChI is InChI=1S/C16H18F3N3O3S2/c17-16(18,19)25-13-3-5-14(6-4-13)27(23,24)21-10-12-2-1-8-22(11-12)15-20-7-9-26-15/h3-7,9,12,21H,1-2,8,10-11H2. The Morgan fingerprint density at radius 2 is 2.04 bits per heavy atom. The SMILES string of the molecule is O=S(=O)(NCC1CCCN(c2nccs2)C1)c1ccc(OC(F)(F)F)cc1. The molecule has 0 spiro atoms. The van der Waals surface area contributed by atoms with Crippen LogP contribution in [0.5, 0.6) is 5.75 Å². The maximum atomic E-state index is 12.4. The number of nitrogens with one attached hydrogen (secondary N) is 1. The maximum absolute atomic E-state index is 12.4. The summed E-state index contributed by atoms with van der Waals surface area (Å²) in [6.07, 6.45) is -1.25. The highest BCUT2D eigenvalue weighted by atomic mass is 32.2. The number of hydrogen-bond donors (Lipinski definition) is 1. The Hall–Kier alpha value is -1.85. The van der Waals surface area contributed by atoms with Crippen LogP contribution in [-0.4, -0.2) is 39.4 Å². The van der Waals surface area contributed by atoms with Gasteiger partial charge in [0, 0.05) is 31.2 Å². The Labute approximate surface area is 159 Å². The molecular weight excluding hydrogens is 403 g/mol. The minimum absolute atomic E-state index is 0.107. The van der Waals surface area contributed by atoms with E-state index in [-0.39, 0.29) is 17.4 Å². The van der Waals surface area contributed by atoms with E-state index in [9.17, 15) is 21.6 Å². The van der Waals surface area contributed by atoms with Crippen molar-refractivity contribution in [3.63, 3.8) is 0 Å². The second-order valence-corrected chi connectivity index (χ2v) is 8.78. The van der Waals surface area contributed by atoms with Gasteiger partial charge in [-0.1, -0.05) is 0 Å². The number of alkyl halides is 3. The smallest absolute Gasteiger partial charge is 0.406 e. The topological polar surface area (TPSA) is 71.5 Å². The number of hydrogen-bond acceptors (Lipinski definition) is 6. The lowest BCUT2D eigenvalue weighted by molar-refractivity contribution is -0.274. The fourth-order valence-corrected chi connectivity index (χ4v) is 4.71. The summed E-state index contributed by atoms with van der Waals surface area (Å²) in [5.74, 6) is -0.335. The third-order valence-corrected chi connectivity index (χ3v) is 6.41. The molecule has 1 saturated heterocycles. The molecule has 0 aliphatic carbocycles. The van der Waals surface area contributed by atoms with Gasteiger partial charge in [0.15, 0.2) is 5.13 Å². The molecular formula is C16H18F3N3O3S2. The van der Waals surface area contributed by atoms with Crippen LogP contribution < -0.4 is 14.4 Å². The highest BCUT2D eigenvalue weighted by Crippen LogP contribution is 2.26. The number of rotatable bonds is 6. The number of ether oxygens (including phenoxy) is 1. The molecule has 1 unspecified atom stereocenters. The average molecular weight is 421 g/mol. The zero-order valence-corrected chi connectivity index (χ0v) is 15.8. The molecule has 11 heteroatoms. The van der Waals surface area contributed by atoms with Crippen LogP contribution in [0.1, 0.15) is 12.8 Å². The van der Waals surface area contributed by atoms with Crippen LogP contribution in [0.25, 0.3) is 0 Å². The minimum atomic E-state index is -4.82. The molecule has 0 saturated carbocycles. The zero-order chi connectivity index (χ0) is 19.5. The van der Waals surface area contributed by atoms with Crippen LogP contribution in [0.15, 0.2) is 40.7 Å². The molecule has 27 heavy (non-hydrogen) atoms. The molecule has 1 atom stereocenters. The fourth-order valence-electron chi connectivity index (χ4n) is 2.91. The Morgan fingerprint density at radius 1 is 1.30 bits per heavy atom. The van der Waals surface area contributed by atoms with Crippen molar-refractivity contribution in [3.8, 4) is 5.75 Å². The Bertz CT molecular complexity index is 840. The number of benzene rings is 1. The molecule has 3 rings (SSSR count). The summed E-state index contributed by atoms with van der Waals surface area (Å²) in [6, 6.07) is 4.14. The summed E-state index contributed by atoms with van der Waals surface area (Å²) in [4.78, 5) is 6.31. The predicted octanol–water partition coefficient (Wildman–Crippen LogP) is 3.24. The van der Waals surface area contributed by atoms with E-state index < -0.39 is 22.1 Å². The quantitative estimate of drug-likeness (QED) is 0.776. The van der Waals surface area contributed by atoms with Crippen LogP contribution in [0, 0.1) is 5.92 Å². The van der Waals surface area contributed by atoms with Gasteiger partial charge in [0.25, 0.3) is 0 Å². The summed E-state index contributed by atoms with van der Waals surface area (Å²) in [5.41, 5.74) is 0. The summed E-state index contributed by atoms with van der Waals surface area (Å²) >= 11 is 1.54. The van der Waals surface area contributed by atoms with E-state index in [0.29, 0.717) is 6.54 Å². The monoisotopic (exact) mass is 421 g/mol. The first-order valence-electron chi connectivity index (χ1n) is 8.23. The predicted molar refractivity (Wildman–Crippen MR) is 95.4 cm³/mol. The van der Waals surface area contributed by atoms with Gasteiger partial charge in [0.2, 0.25) is 10.0 Å².